The molecule has 0 aliphatic heterocycles. The topological polar surface area (TPSA) is 9.23 Å². The summed E-state index contributed by atoms with van der Waals surface area (Å²) < 4.78 is 6.22. The highest BCUT2D eigenvalue weighted by Gasteiger charge is 2.33. The molecular weight excluding hydrogens is 192 g/mol. The zero-order valence-electron chi connectivity index (χ0n) is 10.6. The largest absolute Gasteiger partial charge is 0.370 e. The summed E-state index contributed by atoms with van der Waals surface area (Å²) in [6.07, 6.45) is 0. The minimum absolute atomic E-state index is 0.0500. The van der Waals surface area contributed by atoms with Crippen molar-refractivity contribution in [2.24, 2.45) is 0 Å². The zero-order valence-corrected chi connectivity index (χ0v) is 14.6. The van der Waals surface area contributed by atoms with Crippen LogP contribution >= 0.6 is 0 Å². The van der Waals surface area contributed by atoms with E-state index in [9.17, 15) is 0 Å². The maximum Gasteiger partial charge on any atom is 0.0627 e. The van der Waals surface area contributed by atoms with Crippen LogP contribution in [0.15, 0.2) is 0 Å². The van der Waals surface area contributed by atoms with E-state index in [4.69, 9.17) is 4.74 Å². The van der Waals surface area contributed by atoms with E-state index in [0.29, 0.717) is 11.1 Å². The first-order valence-electron chi connectivity index (χ1n) is 5.29. The van der Waals surface area contributed by atoms with Crippen LogP contribution in [0.25, 0.3) is 0 Å². The van der Waals surface area contributed by atoms with Crippen LogP contribution in [-0.2, 0) is 4.74 Å². The molecule has 2 atom stereocenters. The molecule has 0 aliphatic carbocycles. The molecule has 0 bridgehead atoms. The van der Waals surface area contributed by atoms with Gasteiger partial charge in [0.1, 0.15) is 0 Å². The SMILES string of the molecule is CC([SiH3])C(C)(C)OC(C)(C)C(C)[SiH3]. The molecule has 0 aromatic rings. The Hall–Kier alpha value is 0.394. The molecule has 3 heteroatoms. The van der Waals surface area contributed by atoms with Gasteiger partial charge in [-0.25, -0.2) is 0 Å². The van der Waals surface area contributed by atoms with E-state index < -0.39 is 0 Å². The molecule has 0 saturated carbocycles. The van der Waals surface area contributed by atoms with Gasteiger partial charge in [-0.3, -0.25) is 0 Å². The lowest BCUT2D eigenvalue weighted by Gasteiger charge is -2.41. The molecule has 0 radical (unpaired) electrons. The van der Waals surface area contributed by atoms with Gasteiger partial charge in [0.25, 0.3) is 0 Å². The van der Waals surface area contributed by atoms with Gasteiger partial charge < -0.3 is 4.74 Å². The average molecular weight is 218 g/mol. The van der Waals surface area contributed by atoms with Crippen LogP contribution in [0.3, 0.4) is 0 Å². The Morgan fingerprint density at radius 2 is 1.08 bits per heavy atom. The molecule has 2 unspecified atom stereocenters. The Labute approximate surface area is 89.5 Å². The van der Waals surface area contributed by atoms with Crippen LogP contribution < -0.4 is 0 Å². The van der Waals surface area contributed by atoms with Gasteiger partial charge in [0.05, 0.1) is 11.2 Å². The number of hydrogen-bond acceptors (Lipinski definition) is 1. The van der Waals surface area contributed by atoms with Crippen molar-refractivity contribution in [3.05, 3.63) is 0 Å². The highest BCUT2D eigenvalue weighted by Crippen LogP contribution is 2.33. The second kappa shape index (κ2) is 4.28. The van der Waals surface area contributed by atoms with Crippen LogP contribution in [-0.4, -0.2) is 31.7 Å². The van der Waals surface area contributed by atoms with Crippen molar-refractivity contribution in [3.8, 4) is 0 Å². The fraction of sp³-hybridized carbons (Fsp3) is 1.00. The lowest BCUT2D eigenvalue weighted by atomic mass is 10.0. The molecule has 0 N–H and O–H groups in total. The van der Waals surface area contributed by atoms with Gasteiger partial charge in [0.15, 0.2) is 0 Å². The Kier molecular flexibility index (Phi) is 4.41. The van der Waals surface area contributed by atoms with Crippen LogP contribution in [0, 0.1) is 0 Å². The maximum absolute atomic E-state index is 6.22. The van der Waals surface area contributed by atoms with Gasteiger partial charge in [0.2, 0.25) is 0 Å². The van der Waals surface area contributed by atoms with Crippen molar-refractivity contribution < 1.29 is 4.74 Å². The first-order valence-corrected chi connectivity index (χ1v) is 7.60. The molecular formula is C10H26OSi2. The van der Waals surface area contributed by atoms with E-state index in [-0.39, 0.29) is 11.2 Å². The Balaban J connectivity index is 4.42. The summed E-state index contributed by atoms with van der Waals surface area (Å²) in [5.74, 6) is 0. The highest BCUT2D eigenvalue weighted by molar-refractivity contribution is 6.12. The van der Waals surface area contributed by atoms with Gasteiger partial charge in [-0.15, -0.1) is 0 Å². The molecule has 0 fully saturated rings. The van der Waals surface area contributed by atoms with Crippen LogP contribution in [0.5, 0.6) is 0 Å². The highest BCUT2D eigenvalue weighted by atomic mass is 28.1. The summed E-state index contributed by atoms with van der Waals surface area (Å²) in [6, 6.07) is 0. The smallest absolute Gasteiger partial charge is 0.0627 e. The molecule has 0 heterocycles. The molecule has 0 amide bonds. The van der Waals surface area contributed by atoms with Crippen molar-refractivity contribution in [3.63, 3.8) is 0 Å². The summed E-state index contributed by atoms with van der Waals surface area (Å²) in [4.78, 5) is 0. The van der Waals surface area contributed by atoms with E-state index in [0.717, 1.165) is 0 Å². The summed E-state index contributed by atoms with van der Waals surface area (Å²) >= 11 is 0. The van der Waals surface area contributed by atoms with Crippen molar-refractivity contribution in [1.82, 2.24) is 0 Å². The summed E-state index contributed by atoms with van der Waals surface area (Å²) in [5.41, 5.74) is 1.50. The maximum atomic E-state index is 6.22. The molecule has 0 rings (SSSR count). The van der Waals surface area contributed by atoms with Gasteiger partial charge in [-0.2, -0.15) is 0 Å². The van der Waals surface area contributed by atoms with Crippen molar-refractivity contribution >= 4 is 20.5 Å². The molecule has 0 aromatic carbocycles. The predicted octanol–water partition coefficient (Wildman–Crippen LogP) is 0.908. The van der Waals surface area contributed by atoms with Crippen LogP contribution in [0.4, 0.5) is 0 Å². The quantitative estimate of drug-likeness (QED) is 0.638. The number of ether oxygens (including phenoxy) is 1. The summed E-state index contributed by atoms with van der Waals surface area (Å²) in [5, 5.41) is 0. The minimum atomic E-state index is 0.0500. The lowest BCUT2D eigenvalue weighted by Crippen LogP contribution is -2.41. The minimum Gasteiger partial charge on any atom is -0.370 e. The van der Waals surface area contributed by atoms with Gasteiger partial charge >= 0.3 is 0 Å². The molecule has 0 aromatic heterocycles. The third kappa shape index (κ3) is 3.96. The first-order chi connectivity index (χ1) is 5.59. The monoisotopic (exact) mass is 218 g/mol. The van der Waals surface area contributed by atoms with Crippen molar-refractivity contribution in [2.75, 3.05) is 0 Å². The summed E-state index contributed by atoms with van der Waals surface area (Å²) in [7, 11) is 2.41. The number of rotatable bonds is 4. The Bertz CT molecular complexity index is 144. The fourth-order valence-corrected chi connectivity index (χ4v) is 1.15. The molecule has 0 spiro atoms. The third-order valence-corrected chi connectivity index (χ3v) is 6.09. The van der Waals surface area contributed by atoms with Crippen LogP contribution in [0.1, 0.15) is 41.5 Å². The zero-order chi connectivity index (χ0) is 10.9. The van der Waals surface area contributed by atoms with Gasteiger partial charge in [-0.1, -0.05) is 13.8 Å². The van der Waals surface area contributed by atoms with E-state index >= 15 is 0 Å². The molecule has 0 saturated heterocycles. The Morgan fingerprint density at radius 3 is 1.23 bits per heavy atom. The molecule has 1 nitrogen and oxygen atoms in total. The van der Waals surface area contributed by atoms with Gasteiger partial charge in [0, 0.05) is 20.5 Å². The fourth-order valence-electron chi connectivity index (χ4n) is 0.914. The lowest BCUT2D eigenvalue weighted by molar-refractivity contribution is -0.123. The first kappa shape index (κ1) is 13.4. The van der Waals surface area contributed by atoms with Crippen LogP contribution in [0.2, 0.25) is 11.1 Å². The second-order valence-corrected chi connectivity index (χ2v) is 9.08. The predicted molar refractivity (Wildman–Crippen MR) is 68.0 cm³/mol. The van der Waals surface area contributed by atoms with Crippen molar-refractivity contribution in [1.29, 1.82) is 0 Å². The molecule has 0 aliphatic rings. The standard InChI is InChI=1S/C10H26OSi2/c1-7(12)9(3,4)11-10(5,6)8(2)13/h7-8H,1-6,12-13H3. The Morgan fingerprint density at radius 1 is 0.846 bits per heavy atom. The second-order valence-electron chi connectivity index (χ2n) is 5.62. The van der Waals surface area contributed by atoms with E-state index in [2.05, 4.69) is 41.5 Å². The van der Waals surface area contributed by atoms with Crippen molar-refractivity contribution in [2.45, 2.75) is 63.8 Å². The number of hydrogen-bond donors (Lipinski definition) is 0. The summed E-state index contributed by atoms with van der Waals surface area (Å²) in [6.45, 7) is 13.4. The molecule has 13 heavy (non-hydrogen) atoms. The van der Waals surface area contributed by atoms with E-state index in [1.54, 1.807) is 0 Å². The van der Waals surface area contributed by atoms with E-state index in [1.165, 1.54) is 20.5 Å². The normalized spacial score (nSPS) is 18.9. The molecule has 80 valence electrons. The average Bonchev–Trinajstić information content (AvgIpc) is 1.83. The third-order valence-electron chi connectivity index (χ3n) is 3.31. The van der Waals surface area contributed by atoms with Gasteiger partial charge in [-0.05, 0) is 38.8 Å². The van der Waals surface area contributed by atoms with E-state index in [1.807, 2.05) is 0 Å².